The molecule has 0 bridgehead atoms. The summed E-state index contributed by atoms with van der Waals surface area (Å²) < 4.78 is 2.82. The number of rotatable bonds is 11. The Balaban J connectivity index is 2.60. The summed E-state index contributed by atoms with van der Waals surface area (Å²) in [5.74, 6) is 0. The summed E-state index contributed by atoms with van der Waals surface area (Å²) in [5.41, 5.74) is 1.15. The molecule has 0 atom stereocenters. The van der Waals surface area contributed by atoms with Gasteiger partial charge in [0, 0.05) is 0 Å². The predicted molar refractivity (Wildman–Crippen MR) is 90.9 cm³/mol. The Morgan fingerprint density at radius 2 is 1.57 bits per heavy atom. The van der Waals surface area contributed by atoms with Gasteiger partial charge in [0.15, 0.2) is 0 Å². The first-order chi connectivity index (χ1) is 10.3. The van der Waals surface area contributed by atoms with Crippen LogP contribution in [0.2, 0.25) is 0 Å². The Morgan fingerprint density at radius 3 is 2.19 bits per heavy atom. The molecule has 21 heavy (non-hydrogen) atoms. The molecule has 0 aliphatic rings. The second kappa shape index (κ2) is 11.8. The van der Waals surface area contributed by atoms with Crippen molar-refractivity contribution in [3.63, 3.8) is 0 Å². The first-order valence-electron chi connectivity index (χ1n) is 7.59. The summed E-state index contributed by atoms with van der Waals surface area (Å²) in [6, 6.07) is 10.6. The molecule has 0 heterocycles. The first kappa shape index (κ1) is 18.2. The van der Waals surface area contributed by atoms with Crippen molar-refractivity contribution in [2.45, 2.75) is 38.5 Å². The zero-order valence-electron chi connectivity index (χ0n) is 12.6. The van der Waals surface area contributed by atoms with E-state index < -0.39 is 0 Å². The van der Waals surface area contributed by atoms with Gasteiger partial charge in [0.25, 0.3) is 0 Å². The van der Waals surface area contributed by atoms with Gasteiger partial charge in [-0.2, -0.15) is 0 Å². The number of allylic oxidation sites excluding steroid dienone is 3. The van der Waals surface area contributed by atoms with Gasteiger partial charge in [-0.3, -0.25) is 0 Å². The minimum absolute atomic E-state index is 0.258. The Kier molecular flexibility index (Phi) is 10.2. The van der Waals surface area contributed by atoms with Gasteiger partial charge < -0.3 is 0 Å². The molecule has 0 radical (unpaired) electrons. The van der Waals surface area contributed by atoms with E-state index in [0.717, 1.165) is 44.1 Å². The number of benzene rings is 1. The zero-order chi connectivity index (χ0) is 15.3. The van der Waals surface area contributed by atoms with Crippen molar-refractivity contribution in [3.05, 3.63) is 53.0 Å². The van der Waals surface area contributed by atoms with Crippen LogP contribution in [0.25, 0.3) is 0 Å². The molecule has 0 saturated carbocycles. The Morgan fingerprint density at radius 1 is 0.952 bits per heavy atom. The van der Waals surface area contributed by atoms with Crippen LogP contribution in [0.4, 0.5) is 0 Å². The maximum atomic E-state index is 8.94. The SMILES string of the molecule is C=C(/C=C(/CCCCO)[Se]c1ccccc1)CCCCO. The molecule has 1 aromatic carbocycles. The van der Waals surface area contributed by atoms with Crippen LogP contribution >= 0.6 is 0 Å². The molecular weight excluding hydrogens is 327 g/mol. The second-order valence-corrected chi connectivity index (χ2v) is 7.56. The molecule has 0 spiro atoms. The monoisotopic (exact) mass is 354 g/mol. The second-order valence-electron chi connectivity index (χ2n) is 5.05. The number of aliphatic hydroxyl groups excluding tert-OH is 2. The maximum absolute atomic E-state index is 8.94. The number of unbranched alkanes of at least 4 members (excludes halogenated alkanes) is 2. The predicted octanol–water partition coefficient (Wildman–Crippen LogP) is 2.78. The normalized spacial score (nSPS) is 11.6. The number of aliphatic hydroxyl groups is 2. The number of hydrogen-bond donors (Lipinski definition) is 2. The van der Waals surface area contributed by atoms with Crippen LogP contribution in [-0.4, -0.2) is 38.4 Å². The van der Waals surface area contributed by atoms with Crippen LogP contribution in [0.3, 0.4) is 0 Å². The molecule has 3 heteroatoms. The fourth-order valence-electron chi connectivity index (χ4n) is 1.97. The van der Waals surface area contributed by atoms with Crippen LogP contribution in [-0.2, 0) is 0 Å². The summed E-state index contributed by atoms with van der Waals surface area (Å²) in [6.45, 7) is 4.66. The molecule has 0 aromatic heterocycles. The van der Waals surface area contributed by atoms with Crippen molar-refractivity contribution in [2.75, 3.05) is 13.2 Å². The Labute approximate surface area is 134 Å². The van der Waals surface area contributed by atoms with E-state index in [4.69, 9.17) is 10.2 Å². The van der Waals surface area contributed by atoms with Crippen molar-refractivity contribution < 1.29 is 10.2 Å². The zero-order valence-corrected chi connectivity index (χ0v) is 14.3. The summed E-state index contributed by atoms with van der Waals surface area (Å²) in [4.78, 5) is 0. The molecule has 0 unspecified atom stereocenters. The molecule has 0 aliphatic carbocycles. The van der Waals surface area contributed by atoms with E-state index in [1.165, 1.54) is 8.93 Å². The van der Waals surface area contributed by atoms with Crippen LogP contribution in [0.1, 0.15) is 38.5 Å². The van der Waals surface area contributed by atoms with E-state index in [-0.39, 0.29) is 13.2 Å². The third kappa shape index (κ3) is 8.90. The van der Waals surface area contributed by atoms with E-state index in [0.29, 0.717) is 15.0 Å². The standard InChI is InChI=1S/C18H26O2Se/c1-16(9-5-7-13-19)15-18(12-6-8-14-20)21-17-10-3-2-4-11-17/h2-4,10-11,15,19-20H,1,5-9,12-14H2/b18-15-. The molecule has 2 N–H and O–H groups in total. The van der Waals surface area contributed by atoms with E-state index >= 15 is 0 Å². The van der Waals surface area contributed by atoms with Crippen molar-refractivity contribution in [2.24, 2.45) is 0 Å². The van der Waals surface area contributed by atoms with Crippen molar-refractivity contribution in [1.29, 1.82) is 0 Å². The Hall–Kier alpha value is -0.861. The minimum atomic E-state index is 0.258. The molecule has 116 valence electrons. The van der Waals surface area contributed by atoms with Gasteiger partial charge in [0.05, 0.1) is 0 Å². The molecule has 0 fully saturated rings. The molecule has 2 nitrogen and oxygen atoms in total. The van der Waals surface area contributed by atoms with Gasteiger partial charge in [-0.15, -0.1) is 0 Å². The van der Waals surface area contributed by atoms with E-state index in [2.05, 4.69) is 36.9 Å². The van der Waals surface area contributed by atoms with Gasteiger partial charge >= 0.3 is 134 Å². The molecular formula is C18H26O2Se. The van der Waals surface area contributed by atoms with E-state index in [9.17, 15) is 0 Å². The van der Waals surface area contributed by atoms with Gasteiger partial charge in [-0.25, -0.2) is 0 Å². The molecule has 1 rings (SSSR count). The quantitative estimate of drug-likeness (QED) is 0.365. The first-order valence-corrected chi connectivity index (χ1v) is 9.30. The van der Waals surface area contributed by atoms with Crippen LogP contribution in [0.5, 0.6) is 0 Å². The van der Waals surface area contributed by atoms with Crippen LogP contribution < -0.4 is 4.46 Å². The number of hydrogen-bond acceptors (Lipinski definition) is 2. The van der Waals surface area contributed by atoms with E-state index in [1.54, 1.807) is 0 Å². The fourth-order valence-corrected chi connectivity index (χ4v) is 4.21. The molecule has 0 saturated heterocycles. The van der Waals surface area contributed by atoms with E-state index in [1.807, 2.05) is 6.07 Å². The molecule has 0 aliphatic heterocycles. The summed E-state index contributed by atoms with van der Waals surface area (Å²) in [6.07, 6.45) is 7.95. The summed E-state index contributed by atoms with van der Waals surface area (Å²) >= 11 is 0.330. The van der Waals surface area contributed by atoms with Crippen LogP contribution in [0.15, 0.2) is 53.0 Å². The fraction of sp³-hybridized carbons (Fsp3) is 0.444. The third-order valence-electron chi connectivity index (χ3n) is 3.09. The summed E-state index contributed by atoms with van der Waals surface area (Å²) in [7, 11) is 0. The van der Waals surface area contributed by atoms with Gasteiger partial charge in [-0.1, -0.05) is 0 Å². The van der Waals surface area contributed by atoms with Crippen LogP contribution in [0, 0.1) is 0 Å². The Bertz CT molecular complexity index is 426. The molecule has 0 amide bonds. The third-order valence-corrected chi connectivity index (χ3v) is 5.39. The van der Waals surface area contributed by atoms with Gasteiger partial charge in [0.2, 0.25) is 0 Å². The van der Waals surface area contributed by atoms with Crippen molar-refractivity contribution in [1.82, 2.24) is 0 Å². The van der Waals surface area contributed by atoms with Gasteiger partial charge in [-0.05, 0) is 0 Å². The average Bonchev–Trinajstić information content (AvgIpc) is 2.48. The van der Waals surface area contributed by atoms with Crippen molar-refractivity contribution in [3.8, 4) is 0 Å². The molecule has 1 aromatic rings. The van der Waals surface area contributed by atoms with Gasteiger partial charge in [0.1, 0.15) is 0 Å². The van der Waals surface area contributed by atoms with Crippen molar-refractivity contribution >= 4 is 19.4 Å². The summed E-state index contributed by atoms with van der Waals surface area (Å²) in [5, 5.41) is 17.8. The average molecular weight is 353 g/mol. The topological polar surface area (TPSA) is 40.5 Å².